The molecule has 4 saturated carbocycles. The van der Waals surface area contributed by atoms with Gasteiger partial charge in [0.25, 0.3) is 5.91 Å². The summed E-state index contributed by atoms with van der Waals surface area (Å²) in [7, 11) is 0. The van der Waals surface area contributed by atoms with Crippen molar-refractivity contribution in [2.45, 2.75) is 52.1 Å². The molecule has 0 heterocycles. The van der Waals surface area contributed by atoms with Crippen LogP contribution in [-0.4, -0.2) is 23.8 Å². The Morgan fingerprint density at radius 3 is 2.26 bits per heavy atom. The fourth-order valence-electron chi connectivity index (χ4n) is 5.68. The Bertz CT molecular complexity index is 743. The van der Waals surface area contributed by atoms with Gasteiger partial charge in [0.15, 0.2) is 11.9 Å². The van der Waals surface area contributed by atoms with Crippen molar-refractivity contribution in [3.8, 4) is 0 Å². The molecule has 1 amide bonds. The molecule has 27 heavy (non-hydrogen) atoms. The third-order valence-electron chi connectivity index (χ3n) is 6.70. The molecule has 144 valence electrons. The van der Waals surface area contributed by atoms with E-state index in [4.69, 9.17) is 4.74 Å². The van der Waals surface area contributed by atoms with Crippen LogP contribution in [0.1, 0.15) is 56.3 Å². The number of hydrogen-bond acceptors (Lipinski definition) is 4. The maximum atomic E-state index is 12.8. The maximum Gasteiger partial charge on any atom is 0.310 e. The van der Waals surface area contributed by atoms with Crippen LogP contribution >= 0.6 is 0 Å². The van der Waals surface area contributed by atoms with Gasteiger partial charge in [-0.2, -0.15) is 0 Å². The molecular formula is C22H27NO4. The number of esters is 1. The molecule has 5 rings (SSSR count). The number of benzene rings is 1. The van der Waals surface area contributed by atoms with Gasteiger partial charge >= 0.3 is 5.97 Å². The molecule has 1 aromatic carbocycles. The van der Waals surface area contributed by atoms with Crippen LogP contribution in [0.4, 0.5) is 5.69 Å². The molecule has 5 nitrogen and oxygen atoms in total. The first-order valence-electron chi connectivity index (χ1n) is 10.0. The second kappa shape index (κ2) is 7.10. The van der Waals surface area contributed by atoms with Crippen LogP contribution in [0.25, 0.3) is 0 Å². The standard InChI is InChI=1S/C22H27NO4/c1-12(24)16-4-3-5-19(11-16)23-21(25)13(2)27-22(26)20-17-7-14-6-15(9-17)10-18(20)8-14/h3-5,11,13-15,17-18,20H,6-10H2,1-2H3,(H,23,25)/t13-,14?,15?,17?,18?,20?/m0/s1. The SMILES string of the molecule is CC(=O)c1cccc(NC(=O)[C@H](C)OC(=O)C2C3CC4CC(C3)CC2C4)c1. The van der Waals surface area contributed by atoms with E-state index < -0.39 is 6.10 Å². The van der Waals surface area contributed by atoms with Crippen LogP contribution in [0.2, 0.25) is 0 Å². The molecule has 0 radical (unpaired) electrons. The summed E-state index contributed by atoms with van der Waals surface area (Å²) in [5.74, 6) is 1.81. The summed E-state index contributed by atoms with van der Waals surface area (Å²) >= 11 is 0. The van der Waals surface area contributed by atoms with Crippen LogP contribution in [0.3, 0.4) is 0 Å². The van der Waals surface area contributed by atoms with Crippen LogP contribution in [0, 0.1) is 29.6 Å². The van der Waals surface area contributed by atoms with E-state index in [1.165, 1.54) is 13.3 Å². The summed E-state index contributed by atoms with van der Waals surface area (Å²) in [5.41, 5.74) is 1.07. The molecule has 5 heteroatoms. The Morgan fingerprint density at radius 1 is 1.04 bits per heavy atom. The quantitative estimate of drug-likeness (QED) is 0.632. The lowest BCUT2D eigenvalue weighted by atomic mass is 9.52. The van der Waals surface area contributed by atoms with E-state index in [2.05, 4.69) is 5.32 Å². The van der Waals surface area contributed by atoms with E-state index in [1.54, 1.807) is 31.2 Å². The topological polar surface area (TPSA) is 72.5 Å². The second-order valence-corrected chi connectivity index (χ2v) is 8.66. The van der Waals surface area contributed by atoms with Crippen molar-refractivity contribution in [3.63, 3.8) is 0 Å². The third kappa shape index (κ3) is 3.64. The van der Waals surface area contributed by atoms with Crippen molar-refractivity contribution in [3.05, 3.63) is 29.8 Å². The molecule has 1 N–H and O–H groups in total. The van der Waals surface area contributed by atoms with E-state index in [9.17, 15) is 14.4 Å². The predicted molar refractivity (Wildman–Crippen MR) is 101 cm³/mol. The molecule has 4 fully saturated rings. The van der Waals surface area contributed by atoms with E-state index in [0.29, 0.717) is 23.1 Å². The van der Waals surface area contributed by atoms with Crippen LogP contribution < -0.4 is 5.32 Å². The average molecular weight is 369 g/mol. The summed E-state index contributed by atoms with van der Waals surface area (Å²) in [4.78, 5) is 36.7. The minimum Gasteiger partial charge on any atom is -0.452 e. The van der Waals surface area contributed by atoms with Gasteiger partial charge in [-0.1, -0.05) is 12.1 Å². The first-order valence-corrected chi connectivity index (χ1v) is 10.0. The molecule has 0 aromatic heterocycles. The highest BCUT2D eigenvalue weighted by Crippen LogP contribution is 2.56. The van der Waals surface area contributed by atoms with Gasteiger partial charge < -0.3 is 10.1 Å². The lowest BCUT2D eigenvalue weighted by molar-refractivity contribution is -0.169. The van der Waals surface area contributed by atoms with Gasteiger partial charge in [-0.3, -0.25) is 14.4 Å². The van der Waals surface area contributed by atoms with Crippen molar-refractivity contribution in [2.24, 2.45) is 29.6 Å². The smallest absolute Gasteiger partial charge is 0.310 e. The number of rotatable bonds is 5. The van der Waals surface area contributed by atoms with Gasteiger partial charge in [0.2, 0.25) is 0 Å². The van der Waals surface area contributed by atoms with E-state index >= 15 is 0 Å². The summed E-state index contributed by atoms with van der Waals surface area (Å²) in [5, 5.41) is 2.74. The highest BCUT2D eigenvalue weighted by molar-refractivity contribution is 5.98. The van der Waals surface area contributed by atoms with Gasteiger partial charge in [-0.25, -0.2) is 0 Å². The van der Waals surface area contributed by atoms with Crippen LogP contribution in [-0.2, 0) is 14.3 Å². The lowest BCUT2D eigenvalue weighted by Crippen LogP contribution is -2.49. The van der Waals surface area contributed by atoms with Crippen molar-refractivity contribution < 1.29 is 19.1 Å². The largest absolute Gasteiger partial charge is 0.452 e. The zero-order valence-corrected chi connectivity index (χ0v) is 15.9. The Kier molecular flexibility index (Phi) is 4.79. The summed E-state index contributed by atoms with van der Waals surface area (Å²) in [6.07, 6.45) is 5.07. The summed E-state index contributed by atoms with van der Waals surface area (Å²) in [6, 6.07) is 6.77. The fourth-order valence-corrected chi connectivity index (χ4v) is 5.68. The highest BCUT2D eigenvalue weighted by atomic mass is 16.5. The molecule has 1 aromatic rings. The Morgan fingerprint density at radius 2 is 1.67 bits per heavy atom. The number of hydrogen-bond donors (Lipinski definition) is 1. The number of anilines is 1. The number of amides is 1. The molecule has 0 aliphatic heterocycles. The number of carbonyl (C=O) groups is 3. The maximum absolute atomic E-state index is 12.8. The zero-order chi connectivity index (χ0) is 19.1. The Hall–Kier alpha value is -2.17. The van der Waals surface area contributed by atoms with Gasteiger partial charge in [0.05, 0.1) is 5.92 Å². The normalized spacial score (nSPS) is 32.0. The molecule has 4 bridgehead atoms. The number of ketones is 1. The van der Waals surface area contributed by atoms with E-state index in [1.807, 2.05) is 0 Å². The van der Waals surface area contributed by atoms with Crippen molar-refractivity contribution in [1.29, 1.82) is 0 Å². The monoisotopic (exact) mass is 369 g/mol. The Balaban J connectivity index is 1.36. The summed E-state index contributed by atoms with van der Waals surface area (Å²) in [6.45, 7) is 3.09. The second-order valence-electron chi connectivity index (χ2n) is 8.66. The lowest BCUT2D eigenvalue weighted by Gasteiger charge is -2.53. The molecule has 1 atom stereocenters. The minimum absolute atomic E-state index is 0.0332. The van der Waals surface area contributed by atoms with Crippen molar-refractivity contribution in [1.82, 2.24) is 0 Å². The first-order chi connectivity index (χ1) is 12.9. The van der Waals surface area contributed by atoms with Gasteiger partial charge in [-0.15, -0.1) is 0 Å². The summed E-state index contributed by atoms with van der Waals surface area (Å²) < 4.78 is 5.57. The number of carbonyl (C=O) groups excluding carboxylic acids is 3. The van der Waals surface area contributed by atoms with Crippen molar-refractivity contribution >= 4 is 23.3 Å². The van der Waals surface area contributed by atoms with Gasteiger partial charge in [0, 0.05) is 11.3 Å². The molecule has 0 saturated heterocycles. The molecule has 0 unspecified atom stereocenters. The molecule has 4 aliphatic rings. The van der Waals surface area contributed by atoms with Crippen molar-refractivity contribution in [2.75, 3.05) is 5.32 Å². The number of nitrogens with one attached hydrogen (secondary N) is 1. The van der Waals surface area contributed by atoms with Crippen LogP contribution in [0.15, 0.2) is 24.3 Å². The molecule has 0 spiro atoms. The number of ether oxygens (including phenoxy) is 1. The molecule has 4 aliphatic carbocycles. The zero-order valence-electron chi connectivity index (χ0n) is 15.9. The predicted octanol–water partition coefficient (Wildman–Crippen LogP) is 3.83. The third-order valence-corrected chi connectivity index (χ3v) is 6.70. The van der Waals surface area contributed by atoms with E-state index in [0.717, 1.165) is 37.5 Å². The number of Topliss-reactive ketones (excluding diaryl/α,β-unsaturated/α-hetero) is 1. The van der Waals surface area contributed by atoms with Gasteiger partial charge in [0.1, 0.15) is 0 Å². The first kappa shape index (κ1) is 18.2. The Labute approximate surface area is 159 Å². The van der Waals surface area contributed by atoms with E-state index in [-0.39, 0.29) is 23.6 Å². The van der Waals surface area contributed by atoms with Gasteiger partial charge in [-0.05, 0) is 81.8 Å². The average Bonchev–Trinajstić information content (AvgIpc) is 2.60. The molecular weight excluding hydrogens is 342 g/mol. The minimum atomic E-state index is -0.851. The fraction of sp³-hybridized carbons (Fsp3) is 0.591. The highest BCUT2D eigenvalue weighted by Gasteiger charge is 2.51. The van der Waals surface area contributed by atoms with Crippen LogP contribution in [0.5, 0.6) is 0 Å².